The second kappa shape index (κ2) is 56.1. The van der Waals surface area contributed by atoms with E-state index in [1.807, 2.05) is 0 Å². The molecular weight excluding hydrogens is 1130 g/mol. The zero-order valence-corrected chi connectivity index (χ0v) is 57.0. The van der Waals surface area contributed by atoms with Gasteiger partial charge in [0.25, 0.3) is 0 Å². The molecule has 3 N–H and O–H groups in total. The van der Waals surface area contributed by atoms with Gasteiger partial charge in [0.05, 0.1) is 26.4 Å². The maximum absolute atomic E-state index is 13.0. The van der Waals surface area contributed by atoms with Crippen LogP contribution in [0.1, 0.15) is 319 Å². The number of rotatable bonds is 63. The van der Waals surface area contributed by atoms with Crippen molar-refractivity contribution < 1.29 is 80.2 Å². The first-order valence-electron chi connectivity index (χ1n) is 34.3. The van der Waals surface area contributed by atoms with Crippen LogP contribution in [0.25, 0.3) is 0 Å². The van der Waals surface area contributed by atoms with Crippen molar-refractivity contribution in [3.8, 4) is 0 Å². The van der Waals surface area contributed by atoms with E-state index in [1.165, 1.54) is 116 Å². The molecule has 0 amide bonds. The second-order valence-corrected chi connectivity index (χ2v) is 28.0. The van der Waals surface area contributed by atoms with E-state index in [0.717, 1.165) is 114 Å². The Hall–Kier alpha value is -1.94. The number of hydrogen-bond acceptors (Lipinski definition) is 15. The molecule has 0 fully saturated rings. The van der Waals surface area contributed by atoms with E-state index in [4.69, 9.17) is 37.0 Å². The van der Waals surface area contributed by atoms with Crippen molar-refractivity contribution in [1.29, 1.82) is 0 Å². The minimum absolute atomic E-state index is 0.101. The summed E-state index contributed by atoms with van der Waals surface area (Å²) in [5, 5.41) is 10.5. The Balaban J connectivity index is 5.26. The summed E-state index contributed by atoms with van der Waals surface area (Å²) in [6, 6.07) is 0. The van der Waals surface area contributed by atoms with Crippen LogP contribution in [-0.4, -0.2) is 96.7 Å². The Morgan fingerprint density at radius 3 is 0.835 bits per heavy atom. The van der Waals surface area contributed by atoms with Gasteiger partial charge in [-0.25, -0.2) is 9.13 Å². The van der Waals surface area contributed by atoms with Crippen LogP contribution in [0.5, 0.6) is 0 Å². The van der Waals surface area contributed by atoms with Crippen molar-refractivity contribution in [3.63, 3.8) is 0 Å². The monoisotopic (exact) mass is 1250 g/mol. The lowest BCUT2D eigenvalue weighted by Gasteiger charge is -2.21. The number of carbonyl (C=O) groups excluding carboxylic acids is 4. The minimum atomic E-state index is -4.95. The first kappa shape index (κ1) is 83.1. The molecule has 0 spiro atoms. The molecular formula is C66H128O17P2. The summed E-state index contributed by atoms with van der Waals surface area (Å²) >= 11 is 0. The molecule has 85 heavy (non-hydrogen) atoms. The van der Waals surface area contributed by atoms with Crippen molar-refractivity contribution in [1.82, 2.24) is 0 Å². The Bertz CT molecular complexity index is 1700. The maximum atomic E-state index is 13.0. The van der Waals surface area contributed by atoms with Gasteiger partial charge in [-0.1, -0.05) is 267 Å². The van der Waals surface area contributed by atoms with Gasteiger partial charge in [0.15, 0.2) is 12.2 Å². The van der Waals surface area contributed by atoms with Gasteiger partial charge < -0.3 is 33.8 Å². The molecule has 0 bridgehead atoms. The van der Waals surface area contributed by atoms with Crippen LogP contribution >= 0.6 is 15.6 Å². The third kappa shape index (κ3) is 57.0. The van der Waals surface area contributed by atoms with E-state index >= 15 is 0 Å². The quantitative estimate of drug-likeness (QED) is 0.0222. The molecule has 0 aromatic carbocycles. The SMILES string of the molecule is CCC(C)CCCCCCCCCCCCC(=O)OC[C@H](COP(=O)(O)OC[C@@H](O)COP(=O)(O)OC[C@@H](COC(=O)CCCCCCCCC(C)C)OC(=O)CCCCCCCCC(C)CC)OC(=O)CCCCCCCCCCC(C)CC. The Morgan fingerprint density at radius 2 is 0.565 bits per heavy atom. The van der Waals surface area contributed by atoms with Gasteiger partial charge in [0, 0.05) is 25.7 Å². The Kier molecular flexibility index (Phi) is 54.8. The maximum Gasteiger partial charge on any atom is 0.472 e. The number of phosphoric ester groups is 2. The lowest BCUT2D eigenvalue weighted by Crippen LogP contribution is -2.30. The van der Waals surface area contributed by atoms with Crippen LogP contribution in [0.2, 0.25) is 0 Å². The van der Waals surface area contributed by atoms with E-state index in [-0.39, 0.29) is 25.7 Å². The lowest BCUT2D eigenvalue weighted by atomic mass is 9.99. The molecule has 5 unspecified atom stereocenters. The highest BCUT2D eigenvalue weighted by Crippen LogP contribution is 2.45. The summed E-state index contributed by atoms with van der Waals surface area (Å²) in [7, 11) is -9.89. The van der Waals surface area contributed by atoms with E-state index in [2.05, 4.69) is 55.4 Å². The minimum Gasteiger partial charge on any atom is -0.462 e. The zero-order chi connectivity index (χ0) is 63.2. The van der Waals surface area contributed by atoms with Crippen LogP contribution in [-0.2, 0) is 65.4 Å². The van der Waals surface area contributed by atoms with Gasteiger partial charge in [-0.15, -0.1) is 0 Å². The molecule has 0 saturated heterocycles. The molecule has 0 aliphatic rings. The van der Waals surface area contributed by atoms with Gasteiger partial charge in [-0.05, 0) is 49.4 Å². The lowest BCUT2D eigenvalue weighted by molar-refractivity contribution is -0.161. The number of phosphoric acid groups is 2. The van der Waals surface area contributed by atoms with E-state index < -0.39 is 97.5 Å². The van der Waals surface area contributed by atoms with Crippen molar-refractivity contribution in [3.05, 3.63) is 0 Å². The average molecular weight is 1260 g/mol. The third-order valence-corrected chi connectivity index (χ3v) is 18.1. The summed E-state index contributed by atoms with van der Waals surface area (Å²) in [6.45, 7) is 14.0. The van der Waals surface area contributed by atoms with Crippen LogP contribution in [0.4, 0.5) is 0 Å². The van der Waals surface area contributed by atoms with Crippen molar-refractivity contribution in [2.24, 2.45) is 23.7 Å². The predicted octanol–water partition coefficient (Wildman–Crippen LogP) is 18.1. The number of hydrogen-bond donors (Lipinski definition) is 3. The summed E-state index contributed by atoms with van der Waals surface area (Å²) in [5.74, 6) is 0.838. The topological polar surface area (TPSA) is 237 Å². The normalized spacial score (nSPS) is 15.3. The summed E-state index contributed by atoms with van der Waals surface area (Å²) in [6.07, 6.45) is 36.3. The highest BCUT2D eigenvalue weighted by atomic mass is 31.2. The standard InChI is InChI=1S/C66H128O17P2/c1-9-57(6)43-35-27-18-14-12-13-15-20-30-38-46-63(68)76-52-61(82-65(70)48-40-32-21-17-16-19-28-36-44-58(7)10-2)54-80-84(72,73)78-50-60(67)51-79-85(74,75)81-55-62(53-77-64(69)47-39-31-24-22-26-34-42-56(4)5)83-66(71)49-41-33-25-23-29-37-45-59(8)11-3/h56-62,67H,9-55H2,1-8H3,(H,72,73)(H,74,75)/t57?,58?,59?,60-,61-,62-/m1/s1. The average Bonchev–Trinajstić information content (AvgIpc) is 3.55. The van der Waals surface area contributed by atoms with Gasteiger partial charge in [0.1, 0.15) is 19.3 Å². The van der Waals surface area contributed by atoms with Gasteiger partial charge >= 0.3 is 39.5 Å². The third-order valence-electron chi connectivity index (χ3n) is 16.2. The molecule has 0 heterocycles. The number of unbranched alkanes of at least 4 members (excludes halogenated alkanes) is 26. The molecule has 0 aromatic rings. The van der Waals surface area contributed by atoms with E-state index in [9.17, 15) is 43.2 Å². The molecule has 19 heteroatoms. The van der Waals surface area contributed by atoms with Gasteiger partial charge in [-0.3, -0.25) is 37.3 Å². The van der Waals surface area contributed by atoms with Crippen molar-refractivity contribution in [2.45, 2.75) is 337 Å². The molecule has 0 saturated carbocycles. The molecule has 17 nitrogen and oxygen atoms in total. The molecule has 8 atom stereocenters. The molecule has 0 radical (unpaired) electrons. The molecule has 0 aromatic heterocycles. The predicted molar refractivity (Wildman–Crippen MR) is 340 cm³/mol. The van der Waals surface area contributed by atoms with Gasteiger partial charge in [0.2, 0.25) is 0 Å². The number of aliphatic hydroxyl groups is 1. The van der Waals surface area contributed by atoms with Crippen molar-refractivity contribution >= 4 is 39.5 Å². The van der Waals surface area contributed by atoms with Crippen LogP contribution in [0.3, 0.4) is 0 Å². The fraction of sp³-hybridized carbons (Fsp3) is 0.939. The highest BCUT2D eigenvalue weighted by Gasteiger charge is 2.30. The molecule has 0 aliphatic carbocycles. The molecule has 504 valence electrons. The second-order valence-electron chi connectivity index (χ2n) is 25.1. The van der Waals surface area contributed by atoms with E-state index in [0.29, 0.717) is 31.6 Å². The van der Waals surface area contributed by atoms with E-state index in [1.54, 1.807) is 0 Å². The Labute approximate surface area is 517 Å². The largest absolute Gasteiger partial charge is 0.472 e. The number of ether oxygens (including phenoxy) is 4. The zero-order valence-electron chi connectivity index (χ0n) is 55.2. The van der Waals surface area contributed by atoms with Crippen LogP contribution in [0.15, 0.2) is 0 Å². The summed E-state index contributed by atoms with van der Waals surface area (Å²) in [4.78, 5) is 72.3. The summed E-state index contributed by atoms with van der Waals surface area (Å²) < 4.78 is 68.1. The molecule has 0 aliphatic heterocycles. The van der Waals surface area contributed by atoms with Crippen LogP contribution in [0, 0.1) is 23.7 Å². The first-order chi connectivity index (χ1) is 40.7. The first-order valence-corrected chi connectivity index (χ1v) is 37.3. The van der Waals surface area contributed by atoms with Gasteiger partial charge in [-0.2, -0.15) is 0 Å². The number of carbonyl (C=O) groups is 4. The molecule has 0 rings (SSSR count). The smallest absolute Gasteiger partial charge is 0.462 e. The highest BCUT2D eigenvalue weighted by molar-refractivity contribution is 7.47. The summed E-state index contributed by atoms with van der Waals surface area (Å²) in [5.41, 5.74) is 0. The fourth-order valence-electron chi connectivity index (χ4n) is 9.69. The van der Waals surface area contributed by atoms with Crippen molar-refractivity contribution in [2.75, 3.05) is 39.6 Å². The fourth-order valence-corrected chi connectivity index (χ4v) is 11.3. The number of aliphatic hydroxyl groups excluding tert-OH is 1. The van der Waals surface area contributed by atoms with Crippen LogP contribution < -0.4 is 0 Å². The Morgan fingerprint density at radius 1 is 0.329 bits per heavy atom. The number of esters is 4.